The number of aryl methyl sites for hydroxylation is 3. The van der Waals surface area contributed by atoms with Gasteiger partial charge in [0.25, 0.3) is 10.0 Å². The minimum atomic E-state index is -3.83. The van der Waals surface area contributed by atoms with Gasteiger partial charge in [-0.1, -0.05) is 11.6 Å². The average molecular weight is 382 g/mol. The van der Waals surface area contributed by atoms with Crippen LogP contribution in [0.15, 0.2) is 34.1 Å². The second-order valence-corrected chi connectivity index (χ2v) is 8.25. The molecule has 3 rings (SSSR count). The fourth-order valence-corrected chi connectivity index (χ4v) is 4.28. The molecule has 0 radical (unpaired) electrons. The molecule has 126 valence electrons. The van der Waals surface area contributed by atoms with Crippen molar-refractivity contribution in [2.75, 3.05) is 4.72 Å². The van der Waals surface area contributed by atoms with Crippen LogP contribution in [0.5, 0.6) is 0 Å². The molecule has 0 saturated heterocycles. The molecule has 3 aromatic rings. The number of anilines is 1. The van der Waals surface area contributed by atoms with Gasteiger partial charge in [0.05, 0.1) is 11.0 Å². The van der Waals surface area contributed by atoms with Gasteiger partial charge in [-0.2, -0.15) is 0 Å². The molecule has 0 aliphatic heterocycles. The van der Waals surface area contributed by atoms with Crippen molar-refractivity contribution in [3.63, 3.8) is 0 Å². The third kappa shape index (κ3) is 3.11. The highest BCUT2D eigenvalue weighted by Gasteiger charge is 2.20. The van der Waals surface area contributed by atoms with Crippen LogP contribution in [0.3, 0.4) is 0 Å². The van der Waals surface area contributed by atoms with E-state index in [1.54, 1.807) is 6.92 Å². The van der Waals surface area contributed by atoms with Crippen molar-refractivity contribution in [3.05, 3.63) is 46.0 Å². The highest BCUT2D eigenvalue weighted by molar-refractivity contribution is 7.93. The Morgan fingerprint density at radius 3 is 2.46 bits per heavy atom. The second kappa shape index (κ2) is 5.98. The van der Waals surface area contributed by atoms with Crippen LogP contribution >= 0.6 is 24.2 Å². The number of fused-ring (bicyclic) bond motifs is 1. The van der Waals surface area contributed by atoms with E-state index in [0.29, 0.717) is 16.1 Å². The zero-order valence-corrected chi connectivity index (χ0v) is 15.8. The zero-order valence-electron chi connectivity index (χ0n) is 13.3. The first-order chi connectivity index (χ1) is 11.2. The maximum absolute atomic E-state index is 12.6. The van der Waals surface area contributed by atoms with Crippen LogP contribution in [0, 0.1) is 20.8 Å². The molecular weight excluding hydrogens is 366 g/mol. The molecule has 1 heterocycles. The monoisotopic (exact) mass is 381 g/mol. The van der Waals surface area contributed by atoms with Gasteiger partial charge in [0.2, 0.25) is 5.95 Å². The van der Waals surface area contributed by atoms with Crippen molar-refractivity contribution in [2.24, 2.45) is 0 Å². The highest BCUT2D eigenvalue weighted by atomic mass is 35.5. The van der Waals surface area contributed by atoms with E-state index in [1.807, 2.05) is 26.0 Å². The first-order valence-electron chi connectivity index (χ1n) is 7.16. The van der Waals surface area contributed by atoms with Crippen molar-refractivity contribution in [1.29, 1.82) is 0 Å². The van der Waals surface area contributed by atoms with Crippen LogP contribution in [0.4, 0.5) is 5.95 Å². The van der Waals surface area contributed by atoms with Gasteiger partial charge in [-0.05, 0) is 61.7 Å². The molecule has 0 aliphatic rings. The van der Waals surface area contributed by atoms with Gasteiger partial charge < -0.3 is 4.98 Å². The predicted octanol–water partition coefficient (Wildman–Crippen LogP) is 4.23. The molecule has 0 bridgehead atoms. The quantitative estimate of drug-likeness (QED) is 0.594. The molecular formula is C16H16ClN3O2S2. The number of imidazole rings is 1. The van der Waals surface area contributed by atoms with Crippen LogP contribution in [0.2, 0.25) is 5.02 Å². The number of rotatable bonds is 3. The van der Waals surface area contributed by atoms with Crippen LogP contribution in [-0.4, -0.2) is 18.4 Å². The molecule has 1 aromatic heterocycles. The SMILES string of the molecule is Cc1cc2nc(NS(=O)(=O)c3cc(C)c(Cl)cc3S)[nH]c2cc1C. The topological polar surface area (TPSA) is 74.8 Å². The van der Waals surface area contributed by atoms with Crippen molar-refractivity contribution < 1.29 is 8.42 Å². The Morgan fingerprint density at radius 2 is 1.75 bits per heavy atom. The van der Waals surface area contributed by atoms with Gasteiger partial charge in [-0.25, -0.2) is 18.1 Å². The summed E-state index contributed by atoms with van der Waals surface area (Å²) < 4.78 is 27.7. The Labute approximate surface area is 150 Å². The lowest BCUT2D eigenvalue weighted by atomic mass is 10.1. The molecule has 2 aromatic carbocycles. The number of aromatic nitrogens is 2. The predicted molar refractivity (Wildman–Crippen MR) is 99.8 cm³/mol. The zero-order chi connectivity index (χ0) is 17.6. The van der Waals surface area contributed by atoms with E-state index in [2.05, 4.69) is 27.3 Å². The average Bonchev–Trinajstić information content (AvgIpc) is 2.83. The fourth-order valence-electron chi connectivity index (χ4n) is 2.36. The largest absolute Gasteiger partial charge is 0.323 e. The number of benzene rings is 2. The summed E-state index contributed by atoms with van der Waals surface area (Å²) in [6.45, 7) is 5.71. The maximum Gasteiger partial charge on any atom is 0.265 e. The third-order valence-corrected chi connectivity index (χ3v) is 6.17. The summed E-state index contributed by atoms with van der Waals surface area (Å²) in [7, 11) is -3.83. The van der Waals surface area contributed by atoms with Gasteiger partial charge in [-0.15, -0.1) is 12.6 Å². The summed E-state index contributed by atoms with van der Waals surface area (Å²) in [6.07, 6.45) is 0. The minimum Gasteiger partial charge on any atom is -0.323 e. The first-order valence-corrected chi connectivity index (χ1v) is 9.47. The Kier molecular flexibility index (Phi) is 4.27. The van der Waals surface area contributed by atoms with Crippen molar-refractivity contribution >= 4 is 51.2 Å². The van der Waals surface area contributed by atoms with Crippen molar-refractivity contribution in [3.8, 4) is 0 Å². The van der Waals surface area contributed by atoms with Crippen LogP contribution in [0.25, 0.3) is 11.0 Å². The first kappa shape index (κ1) is 17.1. The van der Waals surface area contributed by atoms with Gasteiger partial charge in [0, 0.05) is 9.92 Å². The van der Waals surface area contributed by atoms with Crippen LogP contribution < -0.4 is 4.72 Å². The summed E-state index contributed by atoms with van der Waals surface area (Å²) in [5, 5.41) is 0.466. The molecule has 5 nitrogen and oxygen atoms in total. The normalized spacial score (nSPS) is 11.9. The summed E-state index contributed by atoms with van der Waals surface area (Å²) in [5.74, 6) is 0.162. The molecule has 0 amide bonds. The summed E-state index contributed by atoms with van der Waals surface area (Å²) in [5.41, 5.74) is 4.33. The van der Waals surface area contributed by atoms with Crippen molar-refractivity contribution in [1.82, 2.24) is 9.97 Å². The number of halogens is 1. The van der Waals surface area contributed by atoms with E-state index >= 15 is 0 Å². The number of nitrogens with zero attached hydrogens (tertiary/aromatic N) is 1. The van der Waals surface area contributed by atoms with Gasteiger partial charge in [0.1, 0.15) is 4.90 Å². The van der Waals surface area contributed by atoms with E-state index in [4.69, 9.17) is 11.6 Å². The molecule has 0 atom stereocenters. The standard InChI is InChI=1S/C16H16ClN3O2S2/c1-8-4-12-13(5-9(8)2)19-16(18-12)20-24(21,22)15-6-10(3)11(17)7-14(15)23/h4-7,23H,1-3H3,(H2,18,19,20). The number of hydrogen-bond donors (Lipinski definition) is 3. The number of hydrogen-bond acceptors (Lipinski definition) is 4. The van der Waals surface area contributed by atoms with Gasteiger partial charge in [0.15, 0.2) is 0 Å². The molecule has 0 spiro atoms. The Morgan fingerprint density at radius 1 is 1.08 bits per heavy atom. The molecule has 2 N–H and O–H groups in total. The number of thiol groups is 1. The molecule has 0 aliphatic carbocycles. The third-order valence-electron chi connectivity index (χ3n) is 3.86. The molecule has 0 fully saturated rings. The number of sulfonamides is 1. The Bertz CT molecular complexity index is 1020. The van der Waals surface area contributed by atoms with E-state index in [-0.39, 0.29) is 15.7 Å². The lowest BCUT2D eigenvalue weighted by molar-refractivity contribution is 0.599. The smallest absolute Gasteiger partial charge is 0.265 e. The summed E-state index contributed by atoms with van der Waals surface area (Å²) >= 11 is 10.2. The fraction of sp³-hybridized carbons (Fsp3) is 0.188. The second-order valence-electron chi connectivity index (χ2n) is 5.71. The maximum atomic E-state index is 12.6. The minimum absolute atomic E-state index is 0.0561. The van der Waals surface area contributed by atoms with E-state index in [9.17, 15) is 8.42 Å². The lowest BCUT2D eigenvalue weighted by Crippen LogP contribution is -2.15. The van der Waals surface area contributed by atoms with E-state index < -0.39 is 10.0 Å². The van der Waals surface area contributed by atoms with Crippen molar-refractivity contribution in [2.45, 2.75) is 30.6 Å². The van der Waals surface area contributed by atoms with Gasteiger partial charge >= 0.3 is 0 Å². The van der Waals surface area contributed by atoms with Crippen LogP contribution in [0.1, 0.15) is 16.7 Å². The van der Waals surface area contributed by atoms with Gasteiger partial charge in [-0.3, -0.25) is 0 Å². The lowest BCUT2D eigenvalue weighted by Gasteiger charge is -2.09. The molecule has 8 heteroatoms. The number of nitrogens with one attached hydrogen (secondary N) is 2. The Hall–Kier alpha value is -1.70. The molecule has 24 heavy (non-hydrogen) atoms. The van der Waals surface area contributed by atoms with E-state index in [1.165, 1.54) is 12.1 Å². The van der Waals surface area contributed by atoms with Crippen LogP contribution in [-0.2, 0) is 10.0 Å². The summed E-state index contributed by atoms with van der Waals surface area (Å²) in [4.78, 5) is 7.62. The molecule has 0 unspecified atom stereocenters. The summed E-state index contributed by atoms with van der Waals surface area (Å²) in [6, 6.07) is 6.85. The Balaban J connectivity index is 2.02. The number of aromatic amines is 1. The van der Waals surface area contributed by atoms with E-state index in [0.717, 1.165) is 16.6 Å². The number of H-pyrrole nitrogens is 1. The highest BCUT2D eigenvalue weighted by Crippen LogP contribution is 2.28. The molecule has 0 saturated carbocycles.